The molecular weight excluding hydrogens is 204 g/mol. The van der Waals surface area contributed by atoms with E-state index in [2.05, 4.69) is 0 Å². The van der Waals surface area contributed by atoms with Gasteiger partial charge in [-0.2, -0.15) is 0 Å². The van der Waals surface area contributed by atoms with Gasteiger partial charge in [0.15, 0.2) is 0 Å². The Kier molecular flexibility index (Phi) is 4.17. The van der Waals surface area contributed by atoms with Gasteiger partial charge < -0.3 is 15.7 Å². The summed E-state index contributed by atoms with van der Waals surface area (Å²) in [6, 6.07) is 0. The van der Waals surface area contributed by atoms with E-state index in [1.54, 1.807) is 20.9 Å². The van der Waals surface area contributed by atoms with Gasteiger partial charge in [-0.3, -0.25) is 4.79 Å². The summed E-state index contributed by atoms with van der Waals surface area (Å²) in [6.45, 7) is 11.0. The fraction of sp³-hybridized carbons (Fsp3) is 0.917. The molecule has 0 fully saturated rings. The van der Waals surface area contributed by atoms with E-state index in [-0.39, 0.29) is 5.91 Å². The molecule has 0 bridgehead atoms. The molecule has 16 heavy (non-hydrogen) atoms. The van der Waals surface area contributed by atoms with E-state index in [1.807, 2.05) is 27.7 Å². The Bertz CT molecular complexity index is 259. The van der Waals surface area contributed by atoms with Gasteiger partial charge in [-0.05, 0) is 41.5 Å². The van der Waals surface area contributed by atoms with Crippen LogP contribution in [0.4, 0.5) is 0 Å². The van der Waals surface area contributed by atoms with Gasteiger partial charge in [0.25, 0.3) is 0 Å². The topological polar surface area (TPSA) is 66.6 Å². The second-order valence-electron chi connectivity index (χ2n) is 6.32. The summed E-state index contributed by atoms with van der Waals surface area (Å²) in [7, 11) is 1.69. The first-order valence-electron chi connectivity index (χ1n) is 5.56. The molecule has 0 aliphatic heterocycles. The number of likely N-dealkylation sites (N-methyl/N-ethyl adjacent to an activating group) is 1. The maximum absolute atomic E-state index is 12.2. The van der Waals surface area contributed by atoms with Crippen LogP contribution in [0.5, 0.6) is 0 Å². The van der Waals surface area contributed by atoms with Crippen molar-refractivity contribution in [2.75, 3.05) is 13.6 Å². The van der Waals surface area contributed by atoms with Crippen molar-refractivity contribution in [1.29, 1.82) is 0 Å². The van der Waals surface area contributed by atoms with Crippen molar-refractivity contribution >= 4 is 5.91 Å². The number of rotatable bonds is 4. The number of carbonyl (C=O) groups is 1. The van der Waals surface area contributed by atoms with Gasteiger partial charge in [-0.15, -0.1) is 0 Å². The molecule has 0 aromatic rings. The summed E-state index contributed by atoms with van der Waals surface area (Å²) in [5.74, 6) is -0.0536. The highest BCUT2D eigenvalue weighted by atomic mass is 16.3. The molecule has 0 radical (unpaired) electrons. The van der Waals surface area contributed by atoms with Crippen LogP contribution in [-0.2, 0) is 4.79 Å². The van der Waals surface area contributed by atoms with E-state index >= 15 is 0 Å². The number of hydrogen-bond acceptors (Lipinski definition) is 3. The minimum Gasteiger partial charge on any atom is -0.389 e. The lowest BCUT2D eigenvalue weighted by atomic mass is 9.74. The van der Waals surface area contributed by atoms with Crippen LogP contribution < -0.4 is 5.73 Å². The van der Waals surface area contributed by atoms with Gasteiger partial charge in [0, 0.05) is 19.1 Å². The third-order valence-electron chi connectivity index (χ3n) is 3.12. The second-order valence-corrected chi connectivity index (χ2v) is 6.32. The van der Waals surface area contributed by atoms with Crippen molar-refractivity contribution in [2.24, 2.45) is 11.1 Å². The van der Waals surface area contributed by atoms with E-state index < -0.39 is 16.6 Å². The SMILES string of the molecule is CN(CC(C)(C)O)C(=O)C(C)(C)C(C)(C)N. The van der Waals surface area contributed by atoms with Crippen LogP contribution in [-0.4, -0.2) is 40.6 Å². The van der Waals surface area contributed by atoms with Crippen LogP contribution in [0, 0.1) is 5.41 Å². The average Bonchev–Trinajstić information content (AvgIpc) is 1.97. The number of hydrogen-bond donors (Lipinski definition) is 2. The van der Waals surface area contributed by atoms with Crippen molar-refractivity contribution < 1.29 is 9.90 Å². The molecule has 0 saturated heterocycles. The average molecular weight is 230 g/mol. The lowest BCUT2D eigenvalue weighted by Gasteiger charge is -2.40. The summed E-state index contributed by atoms with van der Waals surface area (Å²) < 4.78 is 0. The summed E-state index contributed by atoms with van der Waals surface area (Å²) in [4.78, 5) is 13.8. The van der Waals surface area contributed by atoms with Gasteiger partial charge in [-0.25, -0.2) is 0 Å². The Morgan fingerprint density at radius 3 is 1.81 bits per heavy atom. The monoisotopic (exact) mass is 230 g/mol. The summed E-state index contributed by atoms with van der Waals surface area (Å²) in [6.07, 6.45) is 0. The van der Waals surface area contributed by atoms with Gasteiger partial charge in [0.1, 0.15) is 0 Å². The Morgan fingerprint density at radius 2 is 1.56 bits per heavy atom. The molecule has 0 aliphatic carbocycles. The predicted octanol–water partition coefficient (Wildman–Crippen LogP) is 0.979. The standard InChI is InChI=1S/C12H26N2O2/c1-10(2,16)8-14(7)9(15)11(3,4)12(5,6)13/h16H,8,13H2,1-7H3. The minimum atomic E-state index is -0.890. The minimum absolute atomic E-state index is 0.0536. The van der Waals surface area contributed by atoms with E-state index in [9.17, 15) is 9.90 Å². The fourth-order valence-corrected chi connectivity index (χ4v) is 1.40. The van der Waals surface area contributed by atoms with E-state index in [1.165, 1.54) is 4.90 Å². The van der Waals surface area contributed by atoms with Crippen LogP contribution in [0.3, 0.4) is 0 Å². The Labute approximate surface area is 98.8 Å². The maximum Gasteiger partial charge on any atom is 0.229 e. The van der Waals surface area contributed by atoms with Crippen LogP contribution in [0.25, 0.3) is 0 Å². The van der Waals surface area contributed by atoms with Crippen molar-refractivity contribution in [3.05, 3.63) is 0 Å². The molecule has 0 spiro atoms. The molecule has 3 N–H and O–H groups in total. The highest BCUT2D eigenvalue weighted by Crippen LogP contribution is 2.30. The summed E-state index contributed by atoms with van der Waals surface area (Å²) >= 11 is 0. The lowest BCUT2D eigenvalue weighted by molar-refractivity contribution is -0.144. The van der Waals surface area contributed by atoms with E-state index in [4.69, 9.17) is 5.73 Å². The first-order chi connectivity index (χ1) is 6.79. The summed E-state index contributed by atoms with van der Waals surface area (Å²) in [5.41, 5.74) is 3.86. The molecule has 1 amide bonds. The van der Waals surface area contributed by atoms with E-state index in [0.717, 1.165) is 0 Å². The predicted molar refractivity (Wildman–Crippen MR) is 66.0 cm³/mol. The number of aliphatic hydroxyl groups is 1. The zero-order valence-electron chi connectivity index (χ0n) is 11.6. The van der Waals surface area contributed by atoms with Crippen LogP contribution in [0.2, 0.25) is 0 Å². The third kappa shape index (κ3) is 3.76. The van der Waals surface area contributed by atoms with E-state index in [0.29, 0.717) is 6.54 Å². The van der Waals surface area contributed by atoms with Gasteiger partial charge in [0.05, 0.1) is 11.0 Å². The highest BCUT2D eigenvalue weighted by molar-refractivity contribution is 5.83. The molecule has 0 aliphatic rings. The first kappa shape index (κ1) is 15.4. The molecule has 0 rings (SSSR count). The maximum atomic E-state index is 12.2. The van der Waals surface area contributed by atoms with Gasteiger partial charge in [-0.1, -0.05) is 0 Å². The van der Waals surface area contributed by atoms with Crippen LogP contribution in [0.15, 0.2) is 0 Å². The first-order valence-corrected chi connectivity index (χ1v) is 5.56. The third-order valence-corrected chi connectivity index (χ3v) is 3.12. The lowest BCUT2D eigenvalue weighted by Crippen LogP contribution is -2.57. The molecular formula is C12H26N2O2. The quantitative estimate of drug-likeness (QED) is 0.756. The van der Waals surface area contributed by atoms with Crippen molar-refractivity contribution in [3.8, 4) is 0 Å². The number of carbonyl (C=O) groups excluding carboxylic acids is 1. The number of nitrogens with zero attached hydrogens (tertiary/aromatic N) is 1. The molecule has 0 aromatic carbocycles. The Morgan fingerprint density at radius 1 is 1.19 bits per heavy atom. The smallest absolute Gasteiger partial charge is 0.229 e. The molecule has 96 valence electrons. The molecule has 0 aromatic heterocycles. The molecule has 0 heterocycles. The largest absolute Gasteiger partial charge is 0.389 e. The molecule has 0 saturated carbocycles. The van der Waals surface area contributed by atoms with Crippen LogP contribution in [0.1, 0.15) is 41.5 Å². The van der Waals surface area contributed by atoms with Crippen molar-refractivity contribution in [1.82, 2.24) is 4.90 Å². The zero-order chi connectivity index (χ0) is 13.4. The number of nitrogens with two attached hydrogens (primary N) is 1. The molecule has 0 unspecified atom stereocenters. The van der Waals surface area contributed by atoms with Gasteiger partial charge >= 0.3 is 0 Å². The van der Waals surface area contributed by atoms with Crippen molar-refractivity contribution in [3.63, 3.8) is 0 Å². The molecule has 0 atom stereocenters. The zero-order valence-corrected chi connectivity index (χ0v) is 11.6. The number of amides is 1. The molecule has 4 heteroatoms. The molecule has 4 nitrogen and oxygen atoms in total. The van der Waals surface area contributed by atoms with Crippen LogP contribution >= 0.6 is 0 Å². The Hall–Kier alpha value is -0.610. The highest BCUT2D eigenvalue weighted by Gasteiger charge is 2.42. The second kappa shape index (κ2) is 4.34. The normalized spacial score (nSPS) is 13.8. The summed E-state index contributed by atoms with van der Waals surface area (Å²) in [5, 5.41) is 9.68. The van der Waals surface area contributed by atoms with Crippen molar-refractivity contribution in [2.45, 2.75) is 52.7 Å². The Balaban J connectivity index is 4.81. The van der Waals surface area contributed by atoms with Gasteiger partial charge in [0.2, 0.25) is 5.91 Å². The fourth-order valence-electron chi connectivity index (χ4n) is 1.40.